The van der Waals surface area contributed by atoms with Crippen LogP contribution in [0.2, 0.25) is 0 Å². The average molecular weight is 431 g/mol. The van der Waals surface area contributed by atoms with Crippen molar-refractivity contribution in [3.05, 3.63) is 64.2 Å². The van der Waals surface area contributed by atoms with Gasteiger partial charge in [0.05, 0.1) is 5.56 Å². The highest BCUT2D eigenvalue weighted by Crippen LogP contribution is 2.38. The second kappa shape index (κ2) is 11.4. The van der Waals surface area contributed by atoms with Gasteiger partial charge in [0, 0.05) is 61.2 Å². The fraction of sp³-hybridized carbons (Fsp3) is 0.480. The van der Waals surface area contributed by atoms with Gasteiger partial charge in [0.25, 0.3) is 0 Å². The third-order valence-corrected chi connectivity index (χ3v) is 5.78. The minimum absolute atomic E-state index is 0.0284. The molecule has 0 spiro atoms. The van der Waals surface area contributed by atoms with E-state index in [0.717, 1.165) is 11.1 Å². The molecule has 0 aliphatic heterocycles. The van der Waals surface area contributed by atoms with Crippen molar-refractivity contribution in [2.24, 2.45) is 0 Å². The molecule has 0 amide bonds. The number of aliphatic hydroxyl groups excluding tert-OH is 4. The van der Waals surface area contributed by atoms with Crippen molar-refractivity contribution >= 4 is 5.97 Å². The van der Waals surface area contributed by atoms with Gasteiger partial charge in [-0.15, -0.1) is 0 Å². The molecular weight excluding hydrogens is 396 g/mol. The average Bonchev–Trinajstić information content (AvgIpc) is 2.81. The summed E-state index contributed by atoms with van der Waals surface area (Å²) in [6, 6.07) is 10.7. The molecule has 0 aromatic heterocycles. The van der Waals surface area contributed by atoms with Gasteiger partial charge < -0.3 is 25.2 Å². The molecule has 6 nitrogen and oxygen atoms in total. The number of hydrogen-bond donors (Lipinski definition) is 4. The Morgan fingerprint density at radius 3 is 1.71 bits per heavy atom. The van der Waals surface area contributed by atoms with Crippen LogP contribution in [0.4, 0.5) is 0 Å². The molecule has 0 aliphatic rings. The Labute approximate surface area is 184 Å². The lowest BCUT2D eigenvalue weighted by molar-refractivity contribution is 0.0728. The van der Waals surface area contributed by atoms with Gasteiger partial charge >= 0.3 is 5.97 Å². The lowest BCUT2D eigenvalue weighted by Crippen LogP contribution is -2.16. The first-order chi connectivity index (χ1) is 14.8. The van der Waals surface area contributed by atoms with Crippen molar-refractivity contribution in [1.29, 1.82) is 0 Å². The maximum absolute atomic E-state index is 13.0. The Morgan fingerprint density at radius 2 is 1.23 bits per heavy atom. The van der Waals surface area contributed by atoms with Gasteiger partial charge in [-0.05, 0) is 23.3 Å². The van der Waals surface area contributed by atoms with E-state index in [2.05, 4.69) is 0 Å². The monoisotopic (exact) mass is 430 g/mol. The van der Waals surface area contributed by atoms with Crippen molar-refractivity contribution in [1.82, 2.24) is 0 Å². The summed E-state index contributed by atoms with van der Waals surface area (Å²) >= 11 is 0. The quantitative estimate of drug-likeness (QED) is 0.340. The molecule has 4 N–H and O–H groups in total. The van der Waals surface area contributed by atoms with E-state index >= 15 is 0 Å². The fourth-order valence-electron chi connectivity index (χ4n) is 3.36. The van der Waals surface area contributed by atoms with Crippen LogP contribution in [0.1, 0.15) is 84.0 Å². The molecule has 0 bridgehead atoms. The molecule has 0 saturated heterocycles. The Kier molecular flexibility index (Phi) is 9.19. The van der Waals surface area contributed by atoms with Crippen molar-refractivity contribution in [3.63, 3.8) is 0 Å². The second-order valence-corrected chi connectivity index (χ2v) is 8.38. The van der Waals surface area contributed by atoms with Crippen molar-refractivity contribution in [3.8, 4) is 5.75 Å². The van der Waals surface area contributed by atoms with Gasteiger partial charge in [-0.3, -0.25) is 0 Å². The molecule has 0 aliphatic carbocycles. The van der Waals surface area contributed by atoms with Gasteiger partial charge in [0.1, 0.15) is 5.75 Å². The Morgan fingerprint density at radius 1 is 0.742 bits per heavy atom. The van der Waals surface area contributed by atoms with Crippen LogP contribution in [0.15, 0.2) is 36.4 Å². The van der Waals surface area contributed by atoms with E-state index in [9.17, 15) is 25.2 Å². The van der Waals surface area contributed by atoms with Crippen molar-refractivity contribution in [2.45, 2.75) is 51.4 Å². The zero-order valence-corrected chi connectivity index (χ0v) is 18.7. The summed E-state index contributed by atoms with van der Waals surface area (Å²) in [5.74, 6) is -1.08. The number of carbonyl (C=O) groups excluding carboxylic acids is 1. The molecule has 0 radical (unpaired) electrons. The lowest BCUT2D eigenvalue weighted by Gasteiger charge is -2.24. The van der Waals surface area contributed by atoms with E-state index in [1.54, 1.807) is 18.2 Å². The first kappa shape index (κ1) is 25.0. The van der Waals surface area contributed by atoms with Crippen LogP contribution in [0, 0.1) is 0 Å². The predicted octanol–water partition coefficient (Wildman–Crippen LogP) is 3.29. The molecule has 0 heterocycles. The predicted molar refractivity (Wildman–Crippen MR) is 120 cm³/mol. The van der Waals surface area contributed by atoms with Crippen molar-refractivity contribution in [2.75, 3.05) is 26.4 Å². The minimum atomic E-state index is -0.548. The third-order valence-electron chi connectivity index (χ3n) is 5.78. The molecule has 2 aromatic carbocycles. The zero-order valence-electron chi connectivity index (χ0n) is 18.7. The van der Waals surface area contributed by atoms with E-state index in [-0.39, 0.29) is 50.1 Å². The number of carbonyl (C=O) groups is 1. The maximum Gasteiger partial charge on any atom is 0.343 e. The molecule has 2 aromatic rings. The normalized spacial score (nSPS) is 15.2. The van der Waals surface area contributed by atoms with Crippen LogP contribution in [0.5, 0.6) is 5.75 Å². The van der Waals surface area contributed by atoms with Crippen LogP contribution < -0.4 is 4.74 Å². The highest BCUT2D eigenvalue weighted by atomic mass is 16.5. The Hall–Kier alpha value is -2.25. The van der Waals surface area contributed by atoms with Crippen LogP contribution in [0.25, 0.3) is 0 Å². The van der Waals surface area contributed by atoms with E-state index in [1.165, 1.54) is 0 Å². The smallest absolute Gasteiger partial charge is 0.343 e. The summed E-state index contributed by atoms with van der Waals surface area (Å²) in [6.45, 7) is 7.06. The van der Waals surface area contributed by atoms with Crippen LogP contribution in [0.3, 0.4) is 0 Å². The zero-order chi connectivity index (χ0) is 23.1. The molecule has 31 heavy (non-hydrogen) atoms. The highest BCUT2D eigenvalue weighted by Gasteiger charge is 2.24. The highest BCUT2D eigenvalue weighted by molar-refractivity contribution is 5.91. The summed E-state index contributed by atoms with van der Waals surface area (Å²) in [7, 11) is 0. The molecule has 4 unspecified atom stereocenters. The van der Waals surface area contributed by atoms with Gasteiger partial charge in [-0.25, -0.2) is 4.79 Å². The summed E-state index contributed by atoms with van der Waals surface area (Å²) in [6.07, 6.45) is 0. The maximum atomic E-state index is 13.0. The lowest BCUT2D eigenvalue weighted by atomic mass is 9.87. The number of rotatable bonds is 10. The summed E-state index contributed by atoms with van der Waals surface area (Å²) in [5, 5.41) is 38.6. The van der Waals surface area contributed by atoms with E-state index < -0.39 is 5.97 Å². The Bertz CT molecular complexity index is 847. The first-order valence-electron chi connectivity index (χ1n) is 10.7. The second-order valence-electron chi connectivity index (χ2n) is 8.38. The van der Waals surface area contributed by atoms with E-state index in [0.29, 0.717) is 22.4 Å². The Balaban J connectivity index is 2.56. The molecule has 0 fully saturated rings. The number of aliphatic hydroxyl groups is 4. The number of hydrogen-bond acceptors (Lipinski definition) is 6. The SMILES string of the molecule is CC(CO)c1cccc(C(=O)Oc2c(C(C)CO)cc(C(C)CO)cc2C(C)CO)c1. The molecule has 2 rings (SSSR count). The summed E-state index contributed by atoms with van der Waals surface area (Å²) in [4.78, 5) is 13.0. The van der Waals surface area contributed by atoms with E-state index in [1.807, 2.05) is 45.9 Å². The molecule has 4 atom stereocenters. The topological polar surface area (TPSA) is 107 Å². The van der Waals surface area contributed by atoms with Gasteiger partial charge in [0.2, 0.25) is 0 Å². The van der Waals surface area contributed by atoms with Gasteiger partial charge in [-0.1, -0.05) is 52.0 Å². The van der Waals surface area contributed by atoms with Gasteiger partial charge in [-0.2, -0.15) is 0 Å². The van der Waals surface area contributed by atoms with Crippen LogP contribution >= 0.6 is 0 Å². The number of ether oxygens (including phenoxy) is 1. The standard InChI is InChI=1S/C25H34O6/c1-15(11-26)19-6-5-7-20(8-19)25(30)31-24-22(17(3)13-28)9-21(16(2)12-27)10-23(24)18(4)14-29/h5-10,15-18,26-29H,11-14H2,1-4H3. The van der Waals surface area contributed by atoms with Crippen LogP contribution in [-0.2, 0) is 0 Å². The fourth-order valence-corrected chi connectivity index (χ4v) is 3.36. The van der Waals surface area contributed by atoms with Gasteiger partial charge in [0.15, 0.2) is 0 Å². The molecule has 0 saturated carbocycles. The molecule has 6 heteroatoms. The first-order valence-corrected chi connectivity index (χ1v) is 10.7. The molecule has 170 valence electrons. The molecular formula is C25H34O6. The number of benzene rings is 2. The van der Waals surface area contributed by atoms with Crippen molar-refractivity contribution < 1.29 is 30.0 Å². The minimum Gasteiger partial charge on any atom is -0.422 e. The third kappa shape index (κ3) is 5.92. The van der Waals surface area contributed by atoms with E-state index in [4.69, 9.17) is 4.74 Å². The summed E-state index contributed by atoms with van der Waals surface area (Å²) in [5.41, 5.74) is 3.35. The van der Waals surface area contributed by atoms with Crippen LogP contribution in [-0.4, -0.2) is 52.8 Å². The number of esters is 1. The largest absolute Gasteiger partial charge is 0.422 e. The summed E-state index contributed by atoms with van der Waals surface area (Å²) < 4.78 is 5.86.